The Morgan fingerprint density at radius 3 is 2.81 bits per heavy atom. The molecule has 16 heavy (non-hydrogen) atoms. The van der Waals surface area contributed by atoms with Crippen LogP contribution in [0.2, 0.25) is 9.49 Å². The van der Waals surface area contributed by atoms with Gasteiger partial charge in [0.2, 0.25) is 0 Å². The third kappa shape index (κ3) is 2.78. The first kappa shape index (κ1) is 11.5. The lowest BCUT2D eigenvalue weighted by atomic mass is 10.3. The highest BCUT2D eigenvalue weighted by molar-refractivity contribution is 7.15. The Morgan fingerprint density at radius 1 is 1.38 bits per heavy atom. The first-order valence-electron chi connectivity index (χ1n) is 4.54. The standard InChI is InChI=1S/C10H9Cl2N3S/c11-8-3-6(1-2-9(8)13)14-4-7-5-15-10(12)16-7/h1-3,5,14H,4,13H2. The number of aromatic nitrogens is 1. The molecule has 0 saturated carbocycles. The molecule has 1 aromatic heterocycles. The van der Waals surface area contributed by atoms with Gasteiger partial charge in [0.15, 0.2) is 4.47 Å². The van der Waals surface area contributed by atoms with Crippen molar-refractivity contribution >= 4 is 45.9 Å². The molecule has 6 heteroatoms. The van der Waals surface area contributed by atoms with Gasteiger partial charge < -0.3 is 11.1 Å². The molecule has 2 aromatic rings. The van der Waals surface area contributed by atoms with Crippen molar-refractivity contribution in [2.24, 2.45) is 0 Å². The van der Waals surface area contributed by atoms with Crippen molar-refractivity contribution in [3.05, 3.63) is 38.8 Å². The highest BCUT2D eigenvalue weighted by Crippen LogP contribution is 2.24. The zero-order chi connectivity index (χ0) is 11.5. The molecule has 0 atom stereocenters. The summed E-state index contributed by atoms with van der Waals surface area (Å²) in [6.45, 7) is 0.671. The second kappa shape index (κ2) is 4.91. The third-order valence-electron chi connectivity index (χ3n) is 1.99. The van der Waals surface area contributed by atoms with Gasteiger partial charge in [0.25, 0.3) is 0 Å². The molecule has 0 radical (unpaired) electrons. The van der Waals surface area contributed by atoms with Gasteiger partial charge in [0.05, 0.1) is 17.3 Å². The maximum Gasteiger partial charge on any atom is 0.183 e. The van der Waals surface area contributed by atoms with Crippen molar-refractivity contribution < 1.29 is 0 Å². The van der Waals surface area contributed by atoms with Crippen molar-refractivity contribution in [3.8, 4) is 0 Å². The Labute approximate surface area is 107 Å². The highest BCUT2D eigenvalue weighted by Gasteiger charge is 2.01. The largest absolute Gasteiger partial charge is 0.398 e. The summed E-state index contributed by atoms with van der Waals surface area (Å²) in [4.78, 5) is 5.03. The molecule has 84 valence electrons. The molecule has 1 heterocycles. The van der Waals surface area contributed by atoms with Gasteiger partial charge in [-0.15, -0.1) is 11.3 Å². The van der Waals surface area contributed by atoms with Gasteiger partial charge in [-0.2, -0.15) is 0 Å². The minimum absolute atomic E-state index is 0.548. The van der Waals surface area contributed by atoms with Gasteiger partial charge in [0, 0.05) is 16.8 Å². The predicted molar refractivity (Wildman–Crippen MR) is 70.3 cm³/mol. The van der Waals surface area contributed by atoms with Crippen LogP contribution in [0.25, 0.3) is 0 Å². The lowest BCUT2D eigenvalue weighted by Crippen LogP contribution is -1.97. The normalized spacial score (nSPS) is 10.4. The molecule has 0 aliphatic rings. The highest BCUT2D eigenvalue weighted by atomic mass is 35.5. The lowest BCUT2D eigenvalue weighted by molar-refractivity contribution is 1.17. The SMILES string of the molecule is Nc1ccc(NCc2cnc(Cl)s2)cc1Cl. The summed E-state index contributed by atoms with van der Waals surface area (Å²) in [7, 11) is 0. The third-order valence-corrected chi connectivity index (χ3v) is 3.43. The van der Waals surface area contributed by atoms with Crippen LogP contribution in [0.1, 0.15) is 4.88 Å². The molecule has 0 fully saturated rings. The van der Waals surface area contributed by atoms with E-state index in [1.54, 1.807) is 18.3 Å². The molecule has 3 N–H and O–H groups in total. The van der Waals surface area contributed by atoms with Gasteiger partial charge in [0.1, 0.15) is 0 Å². The second-order valence-electron chi connectivity index (χ2n) is 3.17. The smallest absolute Gasteiger partial charge is 0.183 e. The summed E-state index contributed by atoms with van der Waals surface area (Å²) in [5.41, 5.74) is 7.11. The first-order chi connectivity index (χ1) is 7.65. The molecule has 0 unspecified atom stereocenters. The number of nitrogen functional groups attached to an aromatic ring is 1. The van der Waals surface area contributed by atoms with Crippen LogP contribution in [0, 0.1) is 0 Å². The van der Waals surface area contributed by atoms with Crippen LogP contribution >= 0.6 is 34.5 Å². The zero-order valence-corrected chi connectivity index (χ0v) is 10.5. The first-order valence-corrected chi connectivity index (χ1v) is 6.11. The maximum absolute atomic E-state index is 5.90. The summed E-state index contributed by atoms with van der Waals surface area (Å²) in [5.74, 6) is 0. The quantitative estimate of drug-likeness (QED) is 0.840. The average molecular weight is 274 g/mol. The number of halogens is 2. The molecule has 1 aromatic carbocycles. The molecule has 0 aliphatic heterocycles. The van der Waals surface area contributed by atoms with E-state index in [-0.39, 0.29) is 0 Å². The molecule has 0 aliphatic carbocycles. The summed E-state index contributed by atoms with van der Waals surface area (Å²) >= 11 is 13.1. The number of rotatable bonds is 3. The molecule has 0 spiro atoms. The fourth-order valence-electron chi connectivity index (χ4n) is 1.19. The molecular formula is C10H9Cl2N3S. The zero-order valence-electron chi connectivity index (χ0n) is 8.21. The molecule has 2 rings (SSSR count). The number of nitrogens with zero attached hydrogens (tertiary/aromatic N) is 1. The van der Waals surface area contributed by atoms with Crippen LogP contribution in [0.15, 0.2) is 24.4 Å². The van der Waals surface area contributed by atoms with Crippen molar-refractivity contribution in [1.29, 1.82) is 0 Å². The number of hydrogen-bond donors (Lipinski definition) is 2. The van der Waals surface area contributed by atoms with E-state index in [2.05, 4.69) is 10.3 Å². The Morgan fingerprint density at radius 2 is 2.19 bits per heavy atom. The summed E-state index contributed by atoms with van der Waals surface area (Å²) in [5, 5.41) is 3.76. The van der Waals surface area contributed by atoms with Gasteiger partial charge >= 0.3 is 0 Å². The molecular weight excluding hydrogens is 265 g/mol. The second-order valence-corrected chi connectivity index (χ2v) is 5.27. The van der Waals surface area contributed by atoms with Crippen LogP contribution in [0.3, 0.4) is 0 Å². The van der Waals surface area contributed by atoms with Crippen LogP contribution in [-0.4, -0.2) is 4.98 Å². The van der Waals surface area contributed by atoms with E-state index >= 15 is 0 Å². The van der Waals surface area contributed by atoms with Crippen molar-refractivity contribution in [1.82, 2.24) is 4.98 Å². The number of hydrogen-bond acceptors (Lipinski definition) is 4. The van der Waals surface area contributed by atoms with E-state index in [1.807, 2.05) is 6.07 Å². The van der Waals surface area contributed by atoms with Crippen molar-refractivity contribution in [3.63, 3.8) is 0 Å². The number of benzene rings is 1. The molecule has 0 amide bonds. The maximum atomic E-state index is 5.90. The minimum Gasteiger partial charge on any atom is -0.398 e. The Hall–Kier alpha value is -0.970. The Balaban J connectivity index is 2.02. The lowest BCUT2D eigenvalue weighted by Gasteiger charge is -2.06. The molecule has 0 saturated heterocycles. The van der Waals surface area contributed by atoms with E-state index in [9.17, 15) is 0 Å². The average Bonchev–Trinajstić information content (AvgIpc) is 2.66. The van der Waals surface area contributed by atoms with Gasteiger partial charge in [-0.3, -0.25) is 0 Å². The molecule has 0 bridgehead atoms. The monoisotopic (exact) mass is 273 g/mol. The van der Waals surface area contributed by atoms with Crippen LogP contribution in [0.5, 0.6) is 0 Å². The fourth-order valence-corrected chi connectivity index (χ4v) is 2.29. The Bertz CT molecular complexity index is 499. The number of nitrogens with one attached hydrogen (secondary N) is 1. The summed E-state index contributed by atoms with van der Waals surface area (Å²) in [6.07, 6.45) is 1.75. The molecule has 3 nitrogen and oxygen atoms in total. The van der Waals surface area contributed by atoms with Crippen LogP contribution < -0.4 is 11.1 Å². The predicted octanol–water partition coefficient (Wildman–Crippen LogP) is 3.64. The van der Waals surface area contributed by atoms with E-state index < -0.39 is 0 Å². The summed E-state index contributed by atoms with van der Waals surface area (Å²) in [6, 6.07) is 5.44. The number of thiazole rings is 1. The summed E-state index contributed by atoms with van der Waals surface area (Å²) < 4.78 is 0.548. The van der Waals surface area contributed by atoms with Crippen LogP contribution in [0.4, 0.5) is 11.4 Å². The van der Waals surface area contributed by atoms with Gasteiger partial charge in [-0.25, -0.2) is 4.98 Å². The van der Waals surface area contributed by atoms with E-state index in [4.69, 9.17) is 28.9 Å². The van der Waals surface area contributed by atoms with Crippen molar-refractivity contribution in [2.75, 3.05) is 11.1 Å². The number of anilines is 2. The van der Waals surface area contributed by atoms with Gasteiger partial charge in [-0.1, -0.05) is 23.2 Å². The van der Waals surface area contributed by atoms with E-state index in [0.29, 0.717) is 21.7 Å². The Kier molecular flexibility index (Phi) is 3.53. The minimum atomic E-state index is 0.548. The van der Waals surface area contributed by atoms with E-state index in [1.165, 1.54) is 11.3 Å². The number of nitrogens with two attached hydrogens (primary N) is 1. The van der Waals surface area contributed by atoms with E-state index in [0.717, 1.165) is 10.6 Å². The fraction of sp³-hybridized carbons (Fsp3) is 0.100. The van der Waals surface area contributed by atoms with Gasteiger partial charge in [-0.05, 0) is 18.2 Å². The van der Waals surface area contributed by atoms with Crippen LogP contribution in [-0.2, 0) is 6.54 Å². The van der Waals surface area contributed by atoms with Crippen molar-refractivity contribution in [2.45, 2.75) is 6.54 Å². The topological polar surface area (TPSA) is 50.9 Å².